The smallest absolute Gasteiger partial charge is 0.110 e. The number of rotatable bonds is 0. The van der Waals surface area contributed by atoms with Gasteiger partial charge in [-0.15, -0.1) is 0 Å². The topological polar surface area (TPSA) is 53.1 Å². The van der Waals surface area contributed by atoms with Crippen molar-refractivity contribution in [1.29, 1.82) is 5.41 Å². The third kappa shape index (κ3) is 1.59. The van der Waals surface area contributed by atoms with Crippen molar-refractivity contribution in [3.63, 3.8) is 0 Å². The van der Waals surface area contributed by atoms with Crippen molar-refractivity contribution in [3.8, 4) is 0 Å². The lowest BCUT2D eigenvalue weighted by Crippen LogP contribution is -2.44. The minimum atomic E-state index is 0.351. The predicted molar refractivity (Wildman–Crippen MR) is 40.6 cm³/mol. The molecule has 0 aliphatic carbocycles. The van der Waals surface area contributed by atoms with E-state index in [1.807, 2.05) is 0 Å². The van der Waals surface area contributed by atoms with E-state index in [9.17, 15) is 0 Å². The van der Waals surface area contributed by atoms with Gasteiger partial charge in [0.05, 0.1) is 0 Å². The molecule has 1 saturated heterocycles. The molecule has 0 amide bonds. The van der Waals surface area contributed by atoms with Crippen molar-refractivity contribution < 1.29 is 0 Å². The van der Waals surface area contributed by atoms with Crippen LogP contribution in [0.2, 0.25) is 0 Å². The van der Waals surface area contributed by atoms with E-state index in [4.69, 9.17) is 11.3 Å². The Morgan fingerprint density at radius 3 is 2.89 bits per heavy atom. The van der Waals surface area contributed by atoms with E-state index in [1.165, 1.54) is 5.01 Å². The van der Waals surface area contributed by atoms with E-state index in [0.29, 0.717) is 17.6 Å². The third-order valence-corrected chi connectivity index (χ3v) is 1.89. The van der Waals surface area contributed by atoms with Gasteiger partial charge in [-0.1, -0.05) is 0 Å². The normalized spacial score (nSPS) is 28.9. The highest BCUT2D eigenvalue weighted by atomic mass is 32.1. The molecule has 52 valence electrons. The molecule has 3 nitrogen and oxygen atoms in total. The first-order valence-electron chi connectivity index (χ1n) is 2.98. The average molecular weight is 145 g/mol. The molecule has 0 saturated carbocycles. The van der Waals surface area contributed by atoms with Gasteiger partial charge in [0.1, 0.15) is 5.84 Å². The molecule has 1 unspecified atom stereocenters. The molecule has 0 aromatic carbocycles. The standard InChI is InChI=1S/C5H11N3S/c6-5-2-1-4(9)3-8(5)7/h4,6,9H,1-3,7H2. The molecule has 1 aliphatic rings. The second-order valence-corrected chi connectivity index (χ2v) is 3.02. The highest BCUT2D eigenvalue weighted by Gasteiger charge is 2.17. The maximum atomic E-state index is 7.25. The summed E-state index contributed by atoms with van der Waals surface area (Å²) in [6.45, 7) is 0.710. The summed E-state index contributed by atoms with van der Waals surface area (Å²) >= 11 is 4.24. The lowest BCUT2D eigenvalue weighted by molar-refractivity contribution is 0.389. The second-order valence-electron chi connectivity index (χ2n) is 2.29. The van der Waals surface area contributed by atoms with Crippen LogP contribution in [0.15, 0.2) is 0 Å². The Kier molecular flexibility index (Phi) is 1.97. The van der Waals surface area contributed by atoms with E-state index >= 15 is 0 Å². The van der Waals surface area contributed by atoms with Gasteiger partial charge in [0.15, 0.2) is 0 Å². The summed E-state index contributed by atoms with van der Waals surface area (Å²) in [6, 6.07) is 0. The predicted octanol–water partition coefficient (Wildman–Crippen LogP) is 0.232. The lowest BCUT2D eigenvalue weighted by atomic mass is 10.1. The Bertz CT molecular complexity index is 125. The van der Waals surface area contributed by atoms with Gasteiger partial charge in [0.25, 0.3) is 0 Å². The Labute approximate surface area is 60.1 Å². The summed E-state index contributed by atoms with van der Waals surface area (Å²) in [7, 11) is 0. The van der Waals surface area contributed by atoms with Crippen molar-refractivity contribution in [2.24, 2.45) is 5.84 Å². The first kappa shape index (κ1) is 6.89. The van der Waals surface area contributed by atoms with Gasteiger partial charge in [0.2, 0.25) is 0 Å². The molecule has 1 heterocycles. The van der Waals surface area contributed by atoms with Gasteiger partial charge in [-0.25, -0.2) is 5.84 Å². The first-order chi connectivity index (χ1) is 4.20. The molecule has 1 rings (SSSR count). The van der Waals surface area contributed by atoms with Crippen LogP contribution in [0.4, 0.5) is 0 Å². The van der Waals surface area contributed by atoms with Crippen LogP contribution in [-0.4, -0.2) is 22.6 Å². The van der Waals surface area contributed by atoms with Gasteiger partial charge in [0, 0.05) is 18.2 Å². The minimum Gasteiger partial charge on any atom is -0.298 e. The van der Waals surface area contributed by atoms with Crippen molar-refractivity contribution in [2.45, 2.75) is 18.1 Å². The SMILES string of the molecule is N=C1CCC(S)CN1N. The Hall–Kier alpha value is -0.220. The summed E-state index contributed by atoms with van der Waals surface area (Å²) in [5, 5.41) is 9.06. The van der Waals surface area contributed by atoms with Crippen LogP contribution in [0.3, 0.4) is 0 Å². The van der Waals surface area contributed by atoms with E-state index < -0.39 is 0 Å². The fourth-order valence-electron chi connectivity index (χ4n) is 0.875. The van der Waals surface area contributed by atoms with Crippen molar-refractivity contribution in [1.82, 2.24) is 5.01 Å². The monoisotopic (exact) mass is 145 g/mol. The molecular formula is C5H11N3S. The molecule has 9 heavy (non-hydrogen) atoms. The van der Waals surface area contributed by atoms with Gasteiger partial charge >= 0.3 is 0 Å². The molecule has 0 aromatic rings. The Balaban J connectivity index is 2.44. The Morgan fingerprint density at radius 2 is 2.44 bits per heavy atom. The first-order valence-corrected chi connectivity index (χ1v) is 3.49. The highest BCUT2D eigenvalue weighted by Crippen LogP contribution is 2.12. The number of piperidine rings is 1. The van der Waals surface area contributed by atoms with Gasteiger partial charge in [-0.3, -0.25) is 10.4 Å². The van der Waals surface area contributed by atoms with Crippen LogP contribution in [0.25, 0.3) is 0 Å². The molecule has 0 aromatic heterocycles. The van der Waals surface area contributed by atoms with Crippen LogP contribution in [0, 0.1) is 5.41 Å². The quantitative estimate of drug-likeness (QED) is 0.337. The molecule has 3 N–H and O–H groups in total. The number of nitrogens with two attached hydrogens (primary N) is 1. The van der Waals surface area contributed by atoms with Crippen LogP contribution in [0.5, 0.6) is 0 Å². The van der Waals surface area contributed by atoms with Crippen molar-refractivity contribution in [2.75, 3.05) is 6.54 Å². The van der Waals surface area contributed by atoms with Gasteiger partial charge in [-0.05, 0) is 6.42 Å². The largest absolute Gasteiger partial charge is 0.298 e. The van der Waals surface area contributed by atoms with Crippen molar-refractivity contribution in [3.05, 3.63) is 0 Å². The second kappa shape index (κ2) is 2.58. The average Bonchev–Trinajstić information content (AvgIpc) is 1.80. The molecule has 0 radical (unpaired) electrons. The maximum absolute atomic E-state index is 7.25. The zero-order valence-electron chi connectivity index (χ0n) is 5.17. The third-order valence-electron chi connectivity index (χ3n) is 1.47. The summed E-state index contributed by atoms with van der Waals surface area (Å²) in [5.41, 5.74) is 0. The van der Waals surface area contributed by atoms with Crippen LogP contribution < -0.4 is 5.84 Å². The fourth-order valence-corrected chi connectivity index (χ4v) is 1.18. The summed E-state index contributed by atoms with van der Waals surface area (Å²) < 4.78 is 0. The zero-order valence-corrected chi connectivity index (χ0v) is 6.06. The molecule has 4 heteroatoms. The van der Waals surface area contributed by atoms with Gasteiger partial charge < -0.3 is 0 Å². The summed E-state index contributed by atoms with van der Waals surface area (Å²) in [5.74, 6) is 5.96. The minimum absolute atomic E-state index is 0.351. The van der Waals surface area contributed by atoms with Gasteiger partial charge in [-0.2, -0.15) is 12.6 Å². The maximum Gasteiger partial charge on any atom is 0.110 e. The number of nitrogens with zero attached hydrogens (tertiary/aromatic N) is 1. The van der Waals surface area contributed by atoms with E-state index in [1.54, 1.807) is 0 Å². The molecule has 0 spiro atoms. The Morgan fingerprint density at radius 1 is 1.78 bits per heavy atom. The zero-order chi connectivity index (χ0) is 6.85. The van der Waals surface area contributed by atoms with Crippen LogP contribution in [-0.2, 0) is 0 Å². The molecule has 1 atom stereocenters. The fraction of sp³-hybridized carbons (Fsp3) is 0.800. The number of nitrogens with one attached hydrogen (secondary N) is 1. The molecule has 1 aliphatic heterocycles. The molecule has 0 bridgehead atoms. The number of hydrogen-bond donors (Lipinski definition) is 3. The number of amidine groups is 1. The van der Waals surface area contributed by atoms with E-state index in [-0.39, 0.29) is 0 Å². The summed E-state index contributed by atoms with van der Waals surface area (Å²) in [4.78, 5) is 0. The summed E-state index contributed by atoms with van der Waals surface area (Å²) in [6.07, 6.45) is 1.75. The lowest BCUT2D eigenvalue weighted by Gasteiger charge is -2.27. The van der Waals surface area contributed by atoms with Crippen molar-refractivity contribution >= 4 is 18.5 Å². The number of hydrogen-bond acceptors (Lipinski definition) is 3. The number of thiol groups is 1. The number of hydrazine groups is 1. The van der Waals surface area contributed by atoms with E-state index in [0.717, 1.165) is 12.8 Å². The molecular weight excluding hydrogens is 134 g/mol. The van der Waals surface area contributed by atoms with E-state index in [2.05, 4.69) is 12.6 Å². The van der Waals surface area contributed by atoms with Crippen LogP contribution >= 0.6 is 12.6 Å². The molecule has 1 fully saturated rings. The highest BCUT2D eigenvalue weighted by molar-refractivity contribution is 7.81. The van der Waals surface area contributed by atoms with Crippen LogP contribution in [0.1, 0.15) is 12.8 Å².